The van der Waals surface area contributed by atoms with Gasteiger partial charge in [0, 0.05) is 41.1 Å². The summed E-state index contributed by atoms with van der Waals surface area (Å²) >= 11 is 2.03. The molecule has 0 amide bonds. The minimum atomic E-state index is -2.10. The van der Waals surface area contributed by atoms with Crippen molar-refractivity contribution < 1.29 is 29.0 Å². The van der Waals surface area contributed by atoms with E-state index in [1.165, 1.54) is 42.5 Å². The Morgan fingerprint density at radius 1 is 1.21 bits per heavy atom. The first-order chi connectivity index (χ1) is 19.7. The van der Waals surface area contributed by atoms with Gasteiger partial charge in [0.05, 0.1) is 0 Å². The fraction of sp³-hybridized carbons (Fsp3) is 0.697. The van der Waals surface area contributed by atoms with Crippen molar-refractivity contribution in [2.75, 3.05) is 13.1 Å². The van der Waals surface area contributed by atoms with Gasteiger partial charge in [-0.25, -0.2) is 12.0 Å². The third-order valence-corrected chi connectivity index (χ3v) is 11.0. The summed E-state index contributed by atoms with van der Waals surface area (Å²) in [5.41, 5.74) is 5.77. The summed E-state index contributed by atoms with van der Waals surface area (Å²) in [5.74, 6) is 3.14. The summed E-state index contributed by atoms with van der Waals surface area (Å²) in [6.45, 7) is 6.67. The summed E-state index contributed by atoms with van der Waals surface area (Å²) in [7, 11) is 0. The Labute approximate surface area is 259 Å². The molecular weight excluding hydrogens is 679 g/mol. The third-order valence-electron chi connectivity index (χ3n) is 9.54. The molecule has 39 heavy (non-hydrogen) atoms. The van der Waals surface area contributed by atoms with E-state index >= 15 is 0 Å². The van der Waals surface area contributed by atoms with E-state index in [0.717, 1.165) is 56.9 Å². The second kappa shape index (κ2) is 12.9. The first-order valence-electron chi connectivity index (χ1n) is 16.5. The van der Waals surface area contributed by atoms with Crippen LogP contribution in [0.2, 0.25) is 0 Å². The summed E-state index contributed by atoms with van der Waals surface area (Å²) in [6.07, 6.45) is 18.5. The Balaban J connectivity index is 0.000000212. The van der Waals surface area contributed by atoms with Crippen LogP contribution in [0.15, 0.2) is 44.1 Å². The van der Waals surface area contributed by atoms with Gasteiger partial charge in [-0.05, 0) is 48.6 Å². The molecule has 0 bridgehead atoms. The molecule has 0 N–H and O–H groups in total. The SMILES string of the molecule is C[C@H]1CC=C(C2=[C-]CCCC2)[N-]C1.[2H]C([2H])([2H])C1=NC2OC3=C([C@H]4CC5=C(C[N-]4)[C@H](C)[C@H](C)S5)[CH-]CCC3C2CC1.[Ir]. The minimum Gasteiger partial charge on any atom is -0.769 e. The maximum Gasteiger partial charge on any atom is 0.171 e. The maximum atomic E-state index is 7.69. The van der Waals surface area contributed by atoms with Gasteiger partial charge in [0.1, 0.15) is 0 Å². The molecule has 7 rings (SSSR count). The van der Waals surface area contributed by atoms with E-state index in [-0.39, 0.29) is 32.4 Å². The molecule has 1 saturated heterocycles. The number of hydrogen-bond donors (Lipinski definition) is 0. The van der Waals surface area contributed by atoms with Gasteiger partial charge in [0.2, 0.25) is 0 Å². The Bertz CT molecular complexity index is 1180. The second-order valence-corrected chi connectivity index (χ2v) is 13.7. The fourth-order valence-electron chi connectivity index (χ4n) is 7.04. The van der Waals surface area contributed by atoms with Gasteiger partial charge in [-0.2, -0.15) is 11.6 Å². The van der Waals surface area contributed by atoms with Gasteiger partial charge in [0.15, 0.2) is 6.23 Å². The zero-order valence-corrected chi connectivity index (χ0v) is 26.9. The summed E-state index contributed by atoms with van der Waals surface area (Å²) in [5, 5.41) is 10.3. The first kappa shape index (κ1) is 25.7. The molecule has 5 heterocycles. The van der Waals surface area contributed by atoms with E-state index in [0.29, 0.717) is 35.1 Å². The van der Waals surface area contributed by atoms with Crippen molar-refractivity contribution in [3.8, 4) is 0 Å². The topological polar surface area (TPSA) is 49.8 Å². The Kier molecular flexibility index (Phi) is 8.53. The van der Waals surface area contributed by atoms with Crippen LogP contribution in [0.3, 0.4) is 0 Å². The van der Waals surface area contributed by atoms with Crippen molar-refractivity contribution in [2.45, 2.75) is 109 Å². The van der Waals surface area contributed by atoms with Crippen LogP contribution in [0.5, 0.6) is 0 Å². The molecule has 1 radical (unpaired) electrons. The average molecular weight is 727 g/mol. The third kappa shape index (κ3) is 6.30. The van der Waals surface area contributed by atoms with Crippen LogP contribution in [0, 0.1) is 36.2 Å². The van der Waals surface area contributed by atoms with Gasteiger partial charge in [0.25, 0.3) is 0 Å². The van der Waals surface area contributed by atoms with Crippen molar-refractivity contribution in [1.82, 2.24) is 0 Å². The second-order valence-electron chi connectivity index (χ2n) is 12.2. The van der Waals surface area contributed by atoms with Crippen LogP contribution in [-0.4, -0.2) is 36.3 Å². The number of fused-ring (bicyclic) bond motifs is 3. The number of hydrogen-bond acceptors (Lipinski definition) is 3. The molecule has 5 aliphatic heterocycles. The number of rotatable bonds is 2. The Hall–Kier alpha value is -0.941. The summed E-state index contributed by atoms with van der Waals surface area (Å²) in [4.78, 5) is 6.07. The molecule has 4 nitrogen and oxygen atoms in total. The van der Waals surface area contributed by atoms with Crippen molar-refractivity contribution >= 4 is 17.5 Å². The zero-order chi connectivity index (χ0) is 28.7. The van der Waals surface area contributed by atoms with Crippen LogP contribution in [0.1, 0.15) is 95.9 Å². The number of nitrogens with zero attached hydrogens (tertiary/aromatic N) is 3. The van der Waals surface area contributed by atoms with E-state index in [1.807, 2.05) is 11.8 Å². The van der Waals surface area contributed by atoms with Gasteiger partial charge in [-0.3, -0.25) is 11.1 Å². The Morgan fingerprint density at radius 2 is 2.10 bits per heavy atom. The van der Waals surface area contributed by atoms with E-state index in [2.05, 4.69) is 49.7 Å². The molecule has 0 aromatic rings. The van der Waals surface area contributed by atoms with E-state index in [4.69, 9.17) is 14.2 Å². The molecule has 6 heteroatoms. The van der Waals surface area contributed by atoms with Gasteiger partial charge in [-0.15, -0.1) is 43.7 Å². The molecule has 1 fully saturated rings. The fourth-order valence-corrected chi connectivity index (χ4v) is 8.51. The van der Waals surface area contributed by atoms with Crippen molar-refractivity contribution in [2.24, 2.45) is 28.7 Å². The summed E-state index contributed by atoms with van der Waals surface area (Å²) in [6, 6.07) is 0.188. The maximum absolute atomic E-state index is 7.69. The van der Waals surface area contributed by atoms with Crippen LogP contribution < -0.4 is 0 Å². The molecule has 0 spiro atoms. The molecule has 0 saturated carbocycles. The van der Waals surface area contributed by atoms with E-state index in [1.54, 1.807) is 10.5 Å². The minimum absolute atomic E-state index is 0. The molecule has 3 unspecified atom stereocenters. The molecule has 7 atom stereocenters. The Morgan fingerprint density at radius 3 is 2.87 bits per heavy atom. The van der Waals surface area contributed by atoms with Crippen LogP contribution in [0.4, 0.5) is 0 Å². The number of ether oxygens (including phenoxy) is 1. The monoisotopic (exact) mass is 727 g/mol. The zero-order valence-electron chi connectivity index (χ0n) is 26.7. The number of allylic oxidation sites excluding steroid dienone is 4. The molecular formula is C33H45IrN3OS-4. The van der Waals surface area contributed by atoms with E-state index in [9.17, 15) is 0 Å². The average Bonchev–Trinajstić information content (AvgIpc) is 3.49. The molecule has 0 aromatic carbocycles. The van der Waals surface area contributed by atoms with Crippen LogP contribution >= 0.6 is 11.8 Å². The molecule has 2 aliphatic carbocycles. The quantitative estimate of drug-likeness (QED) is 0.267. The van der Waals surface area contributed by atoms with E-state index < -0.39 is 6.85 Å². The van der Waals surface area contributed by atoms with Crippen LogP contribution in [0.25, 0.3) is 10.6 Å². The van der Waals surface area contributed by atoms with Gasteiger partial charge < -0.3 is 21.1 Å². The van der Waals surface area contributed by atoms with Gasteiger partial charge in [-0.1, -0.05) is 64.4 Å². The standard InChI is InChI=1S/C21H28N2OS.C12H17N.Ir/c1-11-7-8-15-14-5-4-6-16(20(14)24-21(15)23-11)18-9-19-17(10-22-18)12(2)13(3)25-19;1-10-7-8-12(13-9-10)11-5-3-2-4-6-11;/h6,12-15,18,21H,4-5,7-10H2,1-3H3;8,10H,2-5,7,9H2,1H3;/q2*-2;/t12-,13+,14?,15?,18-,21?;10-;/m10./s1/i1D3;;. The number of thioether (sulfide) groups is 1. The molecule has 217 valence electrons. The predicted molar refractivity (Wildman–Crippen MR) is 160 cm³/mol. The normalized spacial score (nSPS) is 38.7. The van der Waals surface area contributed by atoms with Gasteiger partial charge >= 0.3 is 0 Å². The predicted octanol–water partition coefficient (Wildman–Crippen LogP) is 8.84. The van der Waals surface area contributed by atoms with Crippen molar-refractivity contribution in [1.29, 1.82) is 0 Å². The first-order valence-corrected chi connectivity index (χ1v) is 15.9. The molecule has 7 aliphatic rings. The van der Waals surface area contributed by atoms with Crippen molar-refractivity contribution in [3.05, 3.63) is 62.3 Å². The van der Waals surface area contributed by atoms with Crippen LogP contribution in [-0.2, 0) is 24.8 Å². The summed E-state index contributed by atoms with van der Waals surface area (Å²) < 4.78 is 29.4. The molecule has 0 aromatic heterocycles. The van der Waals surface area contributed by atoms with Crippen molar-refractivity contribution in [3.63, 3.8) is 0 Å². The largest absolute Gasteiger partial charge is 0.769 e. The number of aliphatic imine (C=N–C) groups is 1. The smallest absolute Gasteiger partial charge is 0.171 e.